The van der Waals surface area contributed by atoms with Gasteiger partial charge >= 0.3 is 5.69 Å². The third-order valence-corrected chi connectivity index (χ3v) is 6.48. The van der Waals surface area contributed by atoms with Crippen LogP contribution in [0.15, 0.2) is 32.9 Å². The Hall–Kier alpha value is -2.99. The van der Waals surface area contributed by atoms with Crippen molar-refractivity contribution in [2.75, 3.05) is 11.1 Å². The number of amides is 1. The molecule has 2 heterocycles. The van der Waals surface area contributed by atoms with Crippen LogP contribution in [0.25, 0.3) is 11.2 Å². The van der Waals surface area contributed by atoms with Gasteiger partial charge in [-0.15, -0.1) is 0 Å². The van der Waals surface area contributed by atoms with Crippen molar-refractivity contribution < 1.29 is 17.6 Å². The first-order valence-electron chi connectivity index (χ1n) is 8.54. The van der Waals surface area contributed by atoms with Crippen molar-refractivity contribution in [1.29, 1.82) is 0 Å². The van der Waals surface area contributed by atoms with E-state index in [1.54, 1.807) is 0 Å². The number of hydrogen-bond acceptors (Lipinski definition) is 6. The molecule has 0 aliphatic rings. The Morgan fingerprint density at radius 1 is 1.17 bits per heavy atom. The van der Waals surface area contributed by atoms with E-state index in [0.717, 1.165) is 25.8 Å². The second-order valence-electron chi connectivity index (χ2n) is 6.57. The van der Waals surface area contributed by atoms with Gasteiger partial charge in [-0.3, -0.25) is 18.7 Å². The average Bonchev–Trinajstić information content (AvgIpc) is 3.03. The lowest BCUT2D eigenvalue weighted by atomic mass is 10.3. The fourth-order valence-electron chi connectivity index (χ4n) is 2.96. The first-order chi connectivity index (χ1) is 13.9. The Balaban J connectivity index is 1.88. The van der Waals surface area contributed by atoms with Gasteiger partial charge in [0.1, 0.15) is 5.82 Å². The molecule has 3 rings (SSSR count). The molecular weight excluding hydrogens is 441 g/mol. The van der Waals surface area contributed by atoms with Crippen LogP contribution in [0.4, 0.5) is 10.1 Å². The second kappa shape index (κ2) is 7.69. The lowest BCUT2D eigenvalue weighted by Crippen LogP contribution is -2.37. The average molecular weight is 458 g/mol. The number of sulfone groups is 1. The number of carbonyl (C=O) groups excluding carboxylic acids is 1. The van der Waals surface area contributed by atoms with Crippen LogP contribution in [0.3, 0.4) is 0 Å². The normalized spacial score (nSPS) is 11.8. The number of aryl methyl sites for hydroxylation is 2. The summed E-state index contributed by atoms with van der Waals surface area (Å²) in [5, 5.41) is 1.94. The molecule has 1 N–H and O–H groups in total. The van der Waals surface area contributed by atoms with E-state index in [4.69, 9.17) is 11.6 Å². The molecule has 0 bridgehead atoms. The Morgan fingerprint density at radius 2 is 1.83 bits per heavy atom. The minimum atomic E-state index is -4.08. The number of benzene rings is 1. The van der Waals surface area contributed by atoms with Crippen LogP contribution in [-0.4, -0.2) is 38.8 Å². The van der Waals surface area contributed by atoms with Crippen LogP contribution in [-0.2, 0) is 35.8 Å². The topological polar surface area (TPSA) is 125 Å². The molecule has 160 valence electrons. The van der Waals surface area contributed by atoms with Crippen molar-refractivity contribution in [2.24, 2.45) is 21.1 Å². The van der Waals surface area contributed by atoms with Gasteiger partial charge in [-0.2, -0.15) is 0 Å². The summed E-state index contributed by atoms with van der Waals surface area (Å²) in [4.78, 5) is 40.4. The number of anilines is 1. The van der Waals surface area contributed by atoms with Crippen molar-refractivity contribution in [3.05, 3.63) is 49.9 Å². The van der Waals surface area contributed by atoms with Gasteiger partial charge in [0.25, 0.3) is 5.56 Å². The van der Waals surface area contributed by atoms with E-state index in [1.807, 2.05) is 0 Å². The third-order valence-electron chi connectivity index (χ3n) is 4.50. The number of rotatable bonds is 5. The standard InChI is InChI=1S/C17H17ClFN5O5S/c1-22-14-13(15(26)24(3)17(27)23(14)2)21-16(22)30(28,29)7-6-12(25)20-11-5-4-9(19)8-10(11)18/h4-5,8H,6-7H2,1-3H3,(H,20,25). The highest BCUT2D eigenvalue weighted by Crippen LogP contribution is 2.23. The van der Waals surface area contributed by atoms with Gasteiger partial charge in [0.05, 0.1) is 16.5 Å². The number of aromatic nitrogens is 4. The van der Waals surface area contributed by atoms with Crippen molar-refractivity contribution in [2.45, 2.75) is 11.6 Å². The molecule has 10 nitrogen and oxygen atoms in total. The molecule has 1 amide bonds. The minimum Gasteiger partial charge on any atom is -0.325 e. The van der Waals surface area contributed by atoms with E-state index < -0.39 is 50.1 Å². The lowest BCUT2D eigenvalue weighted by molar-refractivity contribution is -0.115. The van der Waals surface area contributed by atoms with Crippen molar-refractivity contribution in [3.63, 3.8) is 0 Å². The van der Waals surface area contributed by atoms with Crippen molar-refractivity contribution >= 4 is 44.2 Å². The van der Waals surface area contributed by atoms with Crippen LogP contribution in [0, 0.1) is 5.82 Å². The summed E-state index contributed by atoms with van der Waals surface area (Å²) in [5.74, 6) is -1.85. The molecule has 0 aliphatic carbocycles. The third kappa shape index (κ3) is 3.75. The fraction of sp³-hybridized carbons (Fsp3) is 0.294. The highest BCUT2D eigenvalue weighted by molar-refractivity contribution is 7.91. The van der Waals surface area contributed by atoms with E-state index in [1.165, 1.54) is 27.2 Å². The van der Waals surface area contributed by atoms with Gasteiger partial charge in [-0.25, -0.2) is 22.6 Å². The highest BCUT2D eigenvalue weighted by Gasteiger charge is 2.26. The number of nitrogens with one attached hydrogen (secondary N) is 1. The smallest absolute Gasteiger partial charge is 0.325 e. The number of carbonyl (C=O) groups is 1. The van der Waals surface area contributed by atoms with Crippen LogP contribution in [0.1, 0.15) is 6.42 Å². The summed E-state index contributed by atoms with van der Waals surface area (Å²) in [6.45, 7) is 0. The molecule has 13 heteroatoms. The molecule has 3 aromatic rings. The zero-order chi connectivity index (χ0) is 22.4. The molecule has 2 aromatic heterocycles. The summed E-state index contributed by atoms with van der Waals surface area (Å²) in [6, 6.07) is 3.37. The molecule has 1 aromatic carbocycles. The van der Waals surface area contributed by atoms with Crippen molar-refractivity contribution in [1.82, 2.24) is 18.7 Å². The van der Waals surface area contributed by atoms with E-state index in [9.17, 15) is 27.2 Å². The highest BCUT2D eigenvalue weighted by atomic mass is 35.5. The second-order valence-corrected chi connectivity index (χ2v) is 8.98. The minimum absolute atomic E-state index is 0.0293. The fourth-order valence-corrected chi connectivity index (χ4v) is 4.54. The van der Waals surface area contributed by atoms with E-state index >= 15 is 0 Å². The quantitative estimate of drug-likeness (QED) is 0.597. The largest absolute Gasteiger partial charge is 0.332 e. The molecule has 0 saturated carbocycles. The van der Waals surface area contributed by atoms with Crippen LogP contribution < -0.4 is 16.6 Å². The van der Waals surface area contributed by atoms with Crippen molar-refractivity contribution in [3.8, 4) is 0 Å². The predicted molar refractivity (Wildman–Crippen MR) is 108 cm³/mol. The monoisotopic (exact) mass is 457 g/mol. The van der Waals surface area contributed by atoms with Gasteiger partial charge in [-0.05, 0) is 18.2 Å². The number of imidazole rings is 1. The summed E-state index contributed by atoms with van der Waals surface area (Å²) in [7, 11) is -0.0684. The van der Waals surface area contributed by atoms with Crippen LogP contribution in [0.5, 0.6) is 0 Å². The molecule has 30 heavy (non-hydrogen) atoms. The van der Waals surface area contributed by atoms with Gasteiger partial charge in [0.15, 0.2) is 11.2 Å². The first kappa shape index (κ1) is 21.7. The molecule has 0 unspecified atom stereocenters. The molecular formula is C17H17ClFN5O5S. The Kier molecular flexibility index (Phi) is 5.56. The maximum atomic E-state index is 13.1. The van der Waals surface area contributed by atoms with Gasteiger partial charge in [-0.1, -0.05) is 11.6 Å². The number of halogens is 2. The molecule has 0 atom stereocenters. The maximum absolute atomic E-state index is 13.1. The summed E-state index contributed by atoms with van der Waals surface area (Å²) >= 11 is 5.83. The number of fused-ring (bicyclic) bond motifs is 1. The molecule has 0 radical (unpaired) electrons. The Bertz CT molecular complexity index is 1410. The molecule has 0 fully saturated rings. The molecule has 0 saturated heterocycles. The van der Waals surface area contributed by atoms with Crippen LogP contribution >= 0.6 is 11.6 Å². The van der Waals surface area contributed by atoms with Gasteiger partial charge in [0, 0.05) is 27.6 Å². The lowest BCUT2D eigenvalue weighted by Gasteiger charge is -2.08. The number of hydrogen-bond donors (Lipinski definition) is 1. The zero-order valence-electron chi connectivity index (χ0n) is 16.1. The maximum Gasteiger partial charge on any atom is 0.332 e. The zero-order valence-corrected chi connectivity index (χ0v) is 17.7. The summed E-state index contributed by atoms with van der Waals surface area (Å²) in [5.41, 5.74) is -1.35. The van der Waals surface area contributed by atoms with Gasteiger partial charge in [0.2, 0.25) is 20.9 Å². The number of nitrogens with zero attached hydrogens (tertiary/aromatic N) is 4. The van der Waals surface area contributed by atoms with E-state index in [2.05, 4.69) is 10.3 Å². The van der Waals surface area contributed by atoms with E-state index in [0.29, 0.717) is 0 Å². The van der Waals surface area contributed by atoms with E-state index in [-0.39, 0.29) is 21.9 Å². The summed E-state index contributed by atoms with van der Waals surface area (Å²) < 4.78 is 41.6. The Morgan fingerprint density at radius 3 is 2.47 bits per heavy atom. The summed E-state index contributed by atoms with van der Waals surface area (Å²) in [6.07, 6.45) is -0.434. The molecule has 0 aliphatic heterocycles. The SMILES string of the molecule is Cn1c(=O)c2nc(S(=O)(=O)CCC(=O)Nc3ccc(F)cc3Cl)n(C)c2n(C)c1=O. The van der Waals surface area contributed by atoms with Gasteiger partial charge < -0.3 is 9.88 Å². The first-order valence-corrected chi connectivity index (χ1v) is 10.6. The van der Waals surface area contributed by atoms with Crippen LogP contribution in [0.2, 0.25) is 5.02 Å². The Labute approximate surface area is 174 Å². The molecule has 0 spiro atoms. The predicted octanol–water partition coefficient (Wildman–Crippen LogP) is 0.566.